The largest absolute Gasteiger partial charge is 0.494 e. The standard InChI is InChI=1S/C6H7N3O2S/c1-7-2-3-4(10)8-6(12)9-5(3)11/h2H,1H3,(H3,8,9,10,11,12). The van der Waals surface area contributed by atoms with E-state index in [9.17, 15) is 4.79 Å². The monoisotopic (exact) mass is 185 g/mol. The normalized spacial score (nSPS) is 10.8. The highest BCUT2D eigenvalue weighted by Crippen LogP contribution is 2.02. The van der Waals surface area contributed by atoms with Gasteiger partial charge in [0.2, 0.25) is 5.88 Å². The molecule has 0 spiro atoms. The Morgan fingerprint density at radius 3 is 2.75 bits per heavy atom. The van der Waals surface area contributed by atoms with Crippen molar-refractivity contribution in [2.75, 3.05) is 7.05 Å². The van der Waals surface area contributed by atoms with Gasteiger partial charge in [-0.2, -0.15) is 0 Å². The summed E-state index contributed by atoms with van der Waals surface area (Å²) in [5.41, 5.74) is -0.382. The van der Waals surface area contributed by atoms with Gasteiger partial charge >= 0.3 is 0 Å². The minimum Gasteiger partial charge on any atom is -0.494 e. The molecule has 12 heavy (non-hydrogen) atoms. The number of aromatic nitrogens is 2. The molecule has 6 heteroatoms. The maximum atomic E-state index is 11.1. The van der Waals surface area contributed by atoms with Crippen LogP contribution in [0.25, 0.3) is 0 Å². The van der Waals surface area contributed by atoms with E-state index in [1.54, 1.807) is 0 Å². The number of aromatic hydroxyl groups is 1. The molecule has 1 rings (SSSR count). The second kappa shape index (κ2) is 3.31. The molecule has 0 saturated heterocycles. The Balaban J connectivity index is 3.49. The van der Waals surface area contributed by atoms with Crippen LogP contribution >= 0.6 is 12.2 Å². The van der Waals surface area contributed by atoms with Gasteiger partial charge in [-0.15, -0.1) is 0 Å². The van der Waals surface area contributed by atoms with Gasteiger partial charge in [0.1, 0.15) is 5.56 Å². The van der Waals surface area contributed by atoms with Gasteiger partial charge in [0, 0.05) is 13.3 Å². The van der Waals surface area contributed by atoms with E-state index in [1.165, 1.54) is 13.3 Å². The van der Waals surface area contributed by atoms with Crippen molar-refractivity contribution in [3.05, 3.63) is 20.7 Å². The predicted octanol–water partition coefficient (Wildman–Crippen LogP) is 0.187. The van der Waals surface area contributed by atoms with Gasteiger partial charge in [0.25, 0.3) is 5.56 Å². The fourth-order valence-corrected chi connectivity index (χ4v) is 0.922. The molecule has 0 aliphatic carbocycles. The second-order valence-electron chi connectivity index (χ2n) is 2.06. The van der Waals surface area contributed by atoms with E-state index >= 15 is 0 Å². The topological polar surface area (TPSA) is 81.2 Å². The van der Waals surface area contributed by atoms with E-state index in [4.69, 9.17) is 5.11 Å². The summed E-state index contributed by atoms with van der Waals surface area (Å²) in [6.07, 6.45) is 1.25. The van der Waals surface area contributed by atoms with Crippen molar-refractivity contribution in [2.24, 2.45) is 4.99 Å². The Morgan fingerprint density at radius 2 is 2.25 bits per heavy atom. The predicted molar refractivity (Wildman–Crippen MR) is 47.4 cm³/mol. The van der Waals surface area contributed by atoms with Crippen molar-refractivity contribution in [2.45, 2.75) is 0 Å². The minimum atomic E-state index is -0.457. The third kappa shape index (κ3) is 1.59. The van der Waals surface area contributed by atoms with Crippen molar-refractivity contribution in [1.82, 2.24) is 9.97 Å². The molecular formula is C6H7N3O2S. The summed E-state index contributed by atoms with van der Waals surface area (Å²) in [7, 11) is 1.50. The van der Waals surface area contributed by atoms with Crippen molar-refractivity contribution in [3.63, 3.8) is 0 Å². The number of H-pyrrole nitrogens is 2. The molecular weight excluding hydrogens is 178 g/mol. The van der Waals surface area contributed by atoms with E-state index in [0.29, 0.717) is 0 Å². The highest BCUT2D eigenvalue weighted by molar-refractivity contribution is 7.71. The Morgan fingerprint density at radius 1 is 1.58 bits per heavy atom. The number of nitrogens with one attached hydrogen (secondary N) is 2. The number of aromatic amines is 2. The summed E-state index contributed by atoms with van der Waals surface area (Å²) in [4.78, 5) is 19.4. The van der Waals surface area contributed by atoms with Crippen molar-refractivity contribution in [3.8, 4) is 5.88 Å². The van der Waals surface area contributed by atoms with Crippen LogP contribution in [-0.2, 0) is 0 Å². The summed E-state index contributed by atoms with van der Waals surface area (Å²) in [6, 6.07) is 0. The Kier molecular flexibility index (Phi) is 2.39. The van der Waals surface area contributed by atoms with E-state index in [2.05, 4.69) is 27.2 Å². The summed E-state index contributed by atoms with van der Waals surface area (Å²) < 4.78 is 0.0887. The zero-order valence-corrected chi connectivity index (χ0v) is 7.10. The molecule has 1 aromatic heterocycles. The van der Waals surface area contributed by atoms with Crippen molar-refractivity contribution >= 4 is 18.4 Å². The molecule has 0 aliphatic rings. The maximum absolute atomic E-state index is 11.1. The van der Waals surface area contributed by atoms with Gasteiger partial charge in [-0.1, -0.05) is 0 Å². The third-order valence-electron chi connectivity index (χ3n) is 1.22. The van der Waals surface area contributed by atoms with Crippen LogP contribution in [0, 0.1) is 4.77 Å². The average molecular weight is 185 g/mol. The lowest BCUT2D eigenvalue weighted by molar-refractivity contribution is 0.449. The van der Waals surface area contributed by atoms with Gasteiger partial charge < -0.3 is 10.1 Å². The molecule has 1 aromatic rings. The smallest absolute Gasteiger partial charge is 0.264 e. The van der Waals surface area contributed by atoms with Crippen LogP contribution in [0.4, 0.5) is 0 Å². The van der Waals surface area contributed by atoms with Crippen LogP contribution in [0.2, 0.25) is 0 Å². The van der Waals surface area contributed by atoms with E-state index in [1.807, 2.05) is 0 Å². The molecule has 5 nitrogen and oxygen atoms in total. The Labute approximate surface area is 72.8 Å². The van der Waals surface area contributed by atoms with E-state index < -0.39 is 5.56 Å². The first kappa shape index (κ1) is 8.66. The lowest BCUT2D eigenvalue weighted by Gasteiger charge is -1.95. The fraction of sp³-hybridized carbons (Fsp3) is 0.167. The maximum Gasteiger partial charge on any atom is 0.264 e. The lowest BCUT2D eigenvalue weighted by atomic mass is 10.3. The molecule has 0 saturated carbocycles. The third-order valence-corrected chi connectivity index (χ3v) is 1.42. The molecule has 3 N–H and O–H groups in total. The van der Waals surface area contributed by atoms with Crippen LogP contribution in [0.1, 0.15) is 5.56 Å². The minimum absolute atomic E-state index is 0.0751. The second-order valence-corrected chi connectivity index (χ2v) is 2.47. The van der Waals surface area contributed by atoms with Gasteiger partial charge in [0.15, 0.2) is 4.77 Å². The molecule has 1 heterocycles. The Hall–Kier alpha value is -1.43. The van der Waals surface area contributed by atoms with Crippen LogP contribution in [0.3, 0.4) is 0 Å². The fourth-order valence-electron chi connectivity index (χ4n) is 0.733. The number of rotatable bonds is 1. The van der Waals surface area contributed by atoms with E-state index in [-0.39, 0.29) is 16.2 Å². The Bertz CT molecular complexity index is 418. The van der Waals surface area contributed by atoms with E-state index in [0.717, 1.165) is 0 Å². The zero-order valence-electron chi connectivity index (χ0n) is 6.29. The molecule has 0 amide bonds. The quantitative estimate of drug-likeness (QED) is 0.431. The number of aliphatic imine (C=N–C) groups is 1. The molecule has 0 fully saturated rings. The molecule has 0 unspecified atom stereocenters. The van der Waals surface area contributed by atoms with Gasteiger partial charge in [-0.25, -0.2) is 0 Å². The summed E-state index contributed by atoms with van der Waals surface area (Å²) in [6.45, 7) is 0. The first-order chi connectivity index (χ1) is 5.65. The highest BCUT2D eigenvalue weighted by Gasteiger charge is 2.02. The number of hydrogen-bond donors (Lipinski definition) is 3. The van der Waals surface area contributed by atoms with Crippen LogP contribution in [0.5, 0.6) is 5.88 Å². The molecule has 0 aromatic carbocycles. The van der Waals surface area contributed by atoms with Crippen LogP contribution in [-0.4, -0.2) is 28.3 Å². The molecule has 64 valence electrons. The van der Waals surface area contributed by atoms with Crippen molar-refractivity contribution < 1.29 is 5.11 Å². The van der Waals surface area contributed by atoms with Gasteiger partial charge in [0.05, 0.1) is 0 Å². The lowest BCUT2D eigenvalue weighted by Crippen LogP contribution is -2.13. The summed E-state index contributed by atoms with van der Waals surface area (Å²) in [5, 5.41) is 9.17. The molecule has 0 atom stereocenters. The number of hydrogen-bond acceptors (Lipinski definition) is 4. The molecule has 0 radical (unpaired) electrons. The highest BCUT2D eigenvalue weighted by atomic mass is 32.1. The summed E-state index contributed by atoms with van der Waals surface area (Å²) in [5.74, 6) is -0.269. The molecule has 0 aliphatic heterocycles. The summed E-state index contributed by atoms with van der Waals surface area (Å²) >= 11 is 4.62. The SMILES string of the molecule is CN=Cc1c(O)[nH]c(=S)[nH]c1=O. The van der Waals surface area contributed by atoms with Gasteiger partial charge in [-0.3, -0.25) is 14.8 Å². The van der Waals surface area contributed by atoms with Gasteiger partial charge in [-0.05, 0) is 12.2 Å². The number of nitrogens with zero attached hydrogens (tertiary/aromatic N) is 1. The first-order valence-electron chi connectivity index (χ1n) is 3.13. The zero-order chi connectivity index (χ0) is 9.14. The first-order valence-corrected chi connectivity index (χ1v) is 3.53. The average Bonchev–Trinajstić information content (AvgIpc) is 1.96. The van der Waals surface area contributed by atoms with Crippen LogP contribution < -0.4 is 5.56 Å². The van der Waals surface area contributed by atoms with Crippen LogP contribution in [0.15, 0.2) is 9.79 Å². The van der Waals surface area contributed by atoms with Crippen molar-refractivity contribution in [1.29, 1.82) is 0 Å². The molecule has 0 bridgehead atoms.